The summed E-state index contributed by atoms with van der Waals surface area (Å²) in [7, 11) is 3.17. The molecular formula is C21H23N3O4S. The third-order valence-electron chi connectivity index (χ3n) is 5.08. The van der Waals surface area contributed by atoms with Crippen molar-refractivity contribution in [2.45, 2.75) is 23.5 Å². The molecule has 2 aromatic carbocycles. The Hall–Kier alpha value is -2.87. The predicted octanol–water partition coefficient (Wildman–Crippen LogP) is 3.87. The molecule has 4 rings (SSSR count). The second kappa shape index (κ2) is 6.88. The van der Waals surface area contributed by atoms with Crippen LogP contribution in [0.2, 0.25) is 0 Å². The minimum absolute atomic E-state index is 0.221. The first kappa shape index (κ1) is 19.4. The highest BCUT2D eigenvalue weighted by Crippen LogP contribution is 2.58. The topological polar surface area (TPSA) is 79.9 Å². The Balaban J connectivity index is 1.72. The number of carbonyl (C=O) groups is 2. The Kier molecular flexibility index (Phi) is 4.61. The molecule has 1 atom stereocenters. The fourth-order valence-corrected chi connectivity index (χ4v) is 5.47. The van der Waals surface area contributed by atoms with Crippen molar-refractivity contribution < 1.29 is 19.1 Å². The maximum absolute atomic E-state index is 13.3. The van der Waals surface area contributed by atoms with Crippen LogP contribution in [0.15, 0.2) is 42.5 Å². The molecule has 2 aliphatic rings. The largest absolute Gasteiger partial charge is 0.497 e. The molecule has 1 saturated heterocycles. The number of anilines is 2. The molecular weight excluding hydrogens is 390 g/mol. The van der Waals surface area contributed by atoms with E-state index in [9.17, 15) is 9.59 Å². The molecule has 2 heterocycles. The molecule has 0 bridgehead atoms. The number of ether oxygens (including phenoxy) is 2. The third kappa shape index (κ3) is 3.17. The van der Waals surface area contributed by atoms with Gasteiger partial charge in [-0.05, 0) is 56.3 Å². The minimum atomic E-state index is -1.15. The number of urea groups is 1. The molecule has 1 unspecified atom stereocenters. The van der Waals surface area contributed by atoms with E-state index in [0.29, 0.717) is 29.4 Å². The first-order chi connectivity index (χ1) is 13.8. The first-order valence-corrected chi connectivity index (χ1v) is 10.0. The lowest BCUT2D eigenvalue weighted by Crippen LogP contribution is -2.49. The summed E-state index contributed by atoms with van der Waals surface area (Å²) in [6, 6.07) is 12.2. The molecule has 0 aromatic heterocycles. The van der Waals surface area contributed by atoms with Crippen LogP contribution in [0.1, 0.15) is 19.4 Å². The summed E-state index contributed by atoms with van der Waals surface area (Å²) in [4.78, 5) is 26.9. The number of methoxy groups -OCH3 is 2. The smallest absolute Gasteiger partial charge is 0.323 e. The highest BCUT2D eigenvalue weighted by Gasteiger charge is 2.61. The van der Waals surface area contributed by atoms with E-state index < -0.39 is 4.87 Å². The van der Waals surface area contributed by atoms with Crippen LogP contribution in [-0.2, 0) is 9.67 Å². The Morgan fingerprint density at radius 1 is 1.10 bits per heavy atom. The van der Waals surface area contributed by atoms with Gasteiger partial charge in [0.1, 0.15) is 11.5 Å². The molecule has 2 aliphatic heterocycles. The minimum Gasteiger partial charge on any atom is -0.497 e. The van der Waals surface area contributed by atoms with Gasteiger partial charge in [0.05, 0.1) is 14.2 Å². The van der Waals surface area contributed by atoms with E-state index in [1.165, 1.54) is 11.8 Å². The third-order valence-corrected chi connectivity index (χ3v) is 6.68. The molecule has 152 valence electrons. The lowest BCUT2D eigenvalue weighted by atomic mass is 10.0. The number of fused-ring (bicyclic) bond motifs is 2. The summed E-state index contributed by atoms with van der Waals surface area (Å²) in [5.41, 5.74) is 2.07. The number of carbonyl (C=O) groups excluding carboxylic acids is 2. The van der Waals surface area contributed by atoms with Crippen molar-refractivity contribution >= 4 is 35.1 Å². The quantitative estimate of drug-likeness (QED) is 0.799. The molecule has 3 amide bonds. The van der Waals surface area contributed by atoms with Crippen LogP contribution in [0, 0.1) is 0 Å². The number of rotatable bonds is 3. The summed E-state index contributed by atoms with van der Waals surface area (Å²) in [6.45, 7) is 4.49. The maximum Gasteiger partial charge on any atom is 0.323 e. The average molecular weight is 413 g/mol. The van der Waals surface area contributed by atoms with E-state index in [4.69, 9.17) is 9.47 Å². The van der Waals surface area contributed by atoms with Gasteiger partial charge in [-0.25, -0.2) is 4.79 Å². The van der Waals surface area contributed by atoms with E-state index in [1.807, 2.05) is 26.0 Å². The molecule has 29 heavy (non-hydrogen) atoms. The molecule has 2 aromatic rings. The molecule has 1 fully saturated rings. The van der Waals surface area contributed by atoms with Crippen LogP contribution < -0.4 is 20.1 Å². The van der Waals surface area contributed by atoms with Gasteiger partial charge in [0, 0.05) is 28.2 Å². The second-order valence-electron chi connectivity index (χ2n) is 7.62. The van der Waals surface area contributed by atoms with Gasteiger partial charge in [-0.1, -0.05) is 0 Å². The van der Waals surface area contributed by atoms with Crippen molar-refractivity contribution in [3.8, 4) is 11.5 Å². The standard InChI is InChI=1S/C21H23N3O4S/c1-20(2)12-24(19(26)22-13-5-7-14(27-3)8-6-13)21(29-20)16-11-15(28-4)9-10-17(16)23-18(21)25/h5-11H,12H2,1-4H3,(H,22,26)(H,23,25). The molecule has 0 radical (unpaired) electrons. The summed E-state index contributed by atoms with van der Waals surface area (Å²) in [5, 5.41) is 5.84. The Morgan fingerprint density at radius 2 is 1.76 bits per heavy atom. The van der Waals surface area contributed by atoms with Crippen molar-refractivity contribution in [3.05, 3.63) is 48.0 Å². The van der Waals surface area contributed by atoms with Crippen LogP contribution >= 0.6 is 11.8 Å². The molecule has 0 aliphatic carbocycles. The normalized spacial score (nSPS) is 21.7. The van der Waals surface area contributed by atoms with Crippen LogP contribution in [-0.4, -0.2) is 42.3 Å². The monoisotopic (exact) mass is 413 g/mol. The number of benzene rings is 2. The van der Waals surface area contributed by atoms with E-state index in [-0.39, 0.29) is 16.7 Å². The zero-order valence-electron chi connectivity index (χ0n) is 16.7. The van der Waals surface area contributed by atoms with Gasteiger partial charge < -0.3 is 20.1 Å². The van der Waals surface area contributed by atoms with Crippen molar-refractivity contribution in [2.75, 3.05) is 31.4 Å². The lowest BCUT2D eigenvalue weighted by Gasteiger charge is -2.32. The van der Waals surface area contributed by atoms with Gasteiger partial charge in [0.15, 0.2) is 4.87 Å². The van der Waals surface area contributed by atoms with E-state index >= 15 is 0 Å². The number of hydrogen-bond donors (Lipinski definition) is 2. The first-order valence-electron chi connectivity index (χ1n) is 9.22. The summed E-state index contributed by atoms with van der Waals surface area (Å²) >= 11 is 1.48. The SMILES string of the molecule is COc1ccc(NC(=O)N2CC(C)(C)SC23C(=O)Nc2ccc(OC)cc23)cc1. The summed E-state index contributed by atoms with van der Waals surface area (Å²) in [6.07, 6.45) is 0. The van der Waals surface area contributed by atoms with Gasteiger partial charge >= 0.3 is 6.03 Å². The number of amides is 3. The van der Waals surface area contributed by atoms with Gasteiger partial charge in [-0.15, -0.1) is 11.8 Å². The second-order valence-corrected chi connectivity index (χ2v) is 9.52. The molecule has 7 nitrogen and oxygen atoms in total. The van der Waals surface area contributed by atoms with Crippen molar-refractivity contribution in [2.24, 2.45) is 0 Å². The van der Waals surface area contributed by atoms with E-state index in [1.54, 1.807) is 49.5 Å². The van der Waals surface area contributed by atoms with Gasteiger partial charge in [0.2, 0.25) is 0 Å². The molecule has 0 saturated carbocycles. The average Bonchev–Trinajstić information content (AvgIpc) is 3.15. The van der Waals surface area contributed by atoms with Crippen LogP contribution in [0.5, 0.6) is 11.5 Å². The van der Waals surface area contributed by atoms with E-state index in [0.717, 1.165) is 5.56 Å². The van der Waals surface area contributed by atoms with Crippen LogP contribution in [0.3, 0.4) is 0 Å². The van der Waals surface area contributed by atoms with Crippen molar-refractivity contribution in [1.82, 2.24) is 4.90 Å². The van der Waals surface area contributed by atoms with E-state index in [2.05, 4.69) is 10.6 Å². The van der Waals surface area contributed by atoms with Crippen LogP contribution in [0.4, 0.5) is 16.2 Å². The number of nitrogens with zero attached hydrogens (tertiary/aromatic N) is 1. The highest BCUT2D eigenvalue weighted by molar-refractivity contribution is 8.02. The molecule has 1 spiro atoms. The summed E-state index contributed by atoms with van der Waals surface area (Å²) < 4.78 is 10.2. The zero-order valence-corrected chi connectivity index (χ0v) is 17.6. The number of hydrogen-bond acceptors (Lipinski definition) is 5. The van der Waals surface area contributed by atoms with Crippen molar-refractivity contribution in [3.63, 3.8) is 0 Å². The van der Waals surface area contributed by atoms with Crippen LogP contribution in [0.25, 0.3) is 0 Å². The van der Waals surface area contributed by atoms with Crippen molar-refractivity contribution in [1.29, 1.82) is 0 Å². The Bertz CT molecular complexity index is 976. The Labute approximate surface area is 173 Å². The molecule has 2 N–H and O–H groups in total. The summed E-state index contributed by atoms with van der Waals surface area (Å²) in [5.74, 6) is 1.12. The maximum atomic E-state index is 13.3. The van der Waals surface area contributed by atoms with Gasteiger partial charge in [-0.3, -0.25) is 9.69 Å². The van der Waals surface area contributed by atoms with Gasteiger partial charge in [0.25, 0.3) is 5.91 Å². The Morgan fingerprint density at radius 3 is 2.41 bits per heavy atom. The highest BCUT2D eigenvalue weighted by atomic mass is 32.2. The molecule has 8 heteroatoms. The predicted molar refractivity (Wildman–Crippen MR) is 114 cm³/mol. The fraction of sp³-hybridized carbons (Fsp3) is 0.333. The number of thioether (sulfide) groups is 1. The fourth-order valence-electron chi connectivity index (χ4n) is 3.80. The zero-order chi connectivity index (χ0) is 20.8. The number of nitrogens with one attached hydrogen (secondary N) is 2. The van der Waals surface area contributed by atoms with Gasteiger partial charge in [-0.2, -0.15) is 0 Å². The lowest BCUT2D eigenvalue weighted by molar-refractivity contribution is -0.121.